The fourth-order valence-electron chi connectivity index (χ4n) is 2.17. The average Bonchev–Trinajstić information content (AvgIpc) is 3.21. The Hall–Kier alpha value is -1.88. The predicted molar refractivity (Wildman–Crippen MR) is 82.2 cm³/mol. The van der Waals surface area contributed by atoms with Gasteiger partial charge < -0.3 is 19.5 Å². The standard InChI is InChI=1S/C16H18ClNO4/c1-2-20-16(19)11(8-18-12-3-4-12)5-10-6-14-15(7-13(10)17)22-9-21-14/h6-8,12,18H,2-5,9H2,1H3. The molecule has 1 saturated carbocycles. The van der Waals surface area contributed by atoms with E-state index in [2.05, 4.69) is 5.32 Å². The molecule has 1 aliphatic heterocycles. The number of nitrogens with one attached hydrogen (secondary N) is 1. The number of carbonyl (C=O) groups excluding carboxylic acids is 1. The van der Waals surface area contributed by atoms with Crippen molar-refractivity contribution in [2.75, 3.05) is 13.4 Å². The number of carbonyl (C=O) groups is 1. The highest BCUT2D eigenvalue weighted by Gasteiger charge is 2.22. The van der Waals surface area contributed by atoms with E-state index in [1.54, 1.807) is 19.2 Å². The van der Waals surface area contributed by atoms with Crippen molar-refractivity contribution in [1.29, 1.82) is 0 Å². The molecule has 0 spiro atoms. The lowest BCUT2D eigenvalue weighted by atomic mass is 10.1. The summed E-state index contributed by atoms with van der Waals surface area (Å²) < 4.78 is 15.8. The smallest absolute Gasteiger partial charge is 0.335 e. The first-order valence-electron chi connectivity index (χ1n) is 7.37. The Morgan fingerprint density at radius 3 is 2.82 bits per heavy atom. The zero-order chi connectivity index (χ0) is 15.5. The highest BCUT2D eigenvalue weighted by molar-refractivity contribution is 6.31. The number of hydrogen-bond donors (Lipinski definition) is 1. The first-order chi connectivity index (χ1) is 10.7. The Labute approximate surface area is 134 Å². The van der Waals surface area contributed by atoms with Gasteiger partial charge in [-0.15, -0.1) is 0 Å². The maximum Gasteiger partial charge on any atom is 0.335 e. The van der Waals surface area contributed by atoms with E-state index in [9.17, 15) is 4.79 Å². The summed E-state index contributed by atoms with van der Waals surface area (Å²) in [6.45, 7) is 2.32. The van der Waals surface area contributed by atoms with Gasteiger partial charge >= 0.3 is 5.97 Å². The maximum absolute atomic E-state index is 12.1. The first-order valence-corrected chi connectivity index (χ1v) is 7.75. The summed E-state index contributed by atoms with van der Waals surface area (Å²) in [6.07, 6.45) is 4.40. The zero-order valence-corrected chi connectivity index (χ0v) is 13.1. The van der Waals surface area contributed by atoms with E-state index < -0.39 is 0 Å². The normalized spacial score (nSPS) is 16.5. The van der Waals surface area contributed by atoms with Gasteiger partial charge in [0.25, 0.3) is 0 Å². The van der Waals surface area contributed by atoms with Crippen molar-refractivity contribution in [2.45, 2.75) is 32.2 Å². The summed E-state index contributed by atoms with van der Waals surface area (Å²) in [7, 11) is 0. The van der Waals surface area contributed by atoms with Crippen molar-refractivity contribution in [3.63, 3.8) is 0 Å². The molecule has 0 aromatic heterocycles. The van der Waals surface area contributed by atoms with Crippen molar-refractivity contribution < 1.29 is 19.0 Å². The van der Waals surface area contributed by atoms with Crippen LogP contribution in [0.3, 0.4) is 0 Å². The van der Waals surface area contributed by atoms with Gasteiger partial charge in [0.05, 0.1) is 12.2 Å². The third-order valence-corrected chi connectivity index (χ3v) is 3.88. The lowest BCUT2D eigenvalue weighted by Gasteiger charge is -2.10. The molecular weight excluding hydrogens is 306 g/mol. The van der Waals surface area contributed by atoms with E-state index >= 15 is 0 Å². The van der Waals surface area contributed by atoms with E-state index in [0.29, 0.717) is 41.2 Å². The van der Waals surface area contributed by atoms with E-state index in [4.69, 9.17) is 25.8 Å². The van der Waals surface area contributed by atoms with Crippen LogP contribution in [0, 0.1) is 0 Å². The Morgan fingerprint density at radius 1 is 1.41 bits per heavy atom. The van der Waals surface area contributed by atoms with Crippen LogP contribution in [-0.2, 0) is 16.0 Å². The number of benzene rings is 1. The minimum Gasteiger partial charge on any atom is -0.463 e. The molecule has 6 heteroatoms. The van der Waals surface area contributed by atoms with Crippen molar-refractivity contribution in [2.24, 2.45) is 0 Å². The third kappa shape index (κ3) is 3.47. The monoisotopic (exact) mass is 323 g/mol. The lowest BCUT2D eigenvalue weighted by molar-refractivity contribution is -0.138. The Kier molecular flexibility index (Phi) is 4.43. The largest absolute Gasteiger partial charge is 0.463 e. The molecule has 5 nitrogen and oxygen atoms in total. The maximum atomic E-state index is 12.1. The molecule has 1 fully saturated rings. The molecule has 3 rings (SSSR count). The molecule has 1 aromatic rings. The minimum absolute atomic E-state index is 0.193. The summed E-state index contributed by atoms with van der Waals surface area (Å²) in [5.41, 5.74) is 1.36. The molecule has 1 N–H and O–H groups in total. The van der Waals surface area contributed by atoms with E-state index in [-0.39, 0.29) is 12.8 Å². The van der Waals surface area contributed by atoms with Crippen molar-refractivity contribution in [1.82, 2.24) is 5.32 Å². The van der Waals surface area contributed by atoms with E-state index in [0.717, 1.165) is 18.4 Å². The molecule has 118 valence electrons. The van der Waals surface area contributed by atoms with Gasteiger partial charge in [0.2, 0.25) is 6.79 Å². The number of rotatable bonds is 6. The van der Waals surface area contributed by atoms with Crippen LogP contribution in [0.25, 0.3) is 0 Å². The predicted octanol–water partition coefficient (Wildman–Crippen LogP) is 2.81. The number of ether oxygens (including phenoxy) is 3. The molecule has 1 aromatic carbocycles. The Morgan fingerprint density at radius 2 is 2.14 bits per heavy atom. The van der Waals surface area contributed by atoms with Gasteiger partial charge in [0, 0.05) is 29.8 Å². The second-order valence-corrected chi connectivity index (χ2v) is 5.71. The van der Waals surface area contributed by atoms with Gasteiger partial charge in [-0.3, -0.25) is 0 Å². The minimum atomic E-state index is -0.329. The number of halogens is 1. The van der Waals surface area contributed by atoms with Crippen LogP contribution < -0.4 is 14.8 Å². The fourth-order valence-corrected chi connectivity index (χ4v) is 2.39. The summed E-state index contributed by atoms with van der Waals surface area (Å²) in [6, 6.07) is 4.00. The van der Waals surface area contributed by atoms with Crippen LogP contribution in [0.5, 0.6) is 11.5 Å². The summed E-state index contributed by atoms with van der Waals surface area (Å²) >= 11 is 6.27. The van der Waals surface area contributed by atoms with Crippen molar-refractivity contribution >= 4 is 17.6 Å². The highest BCUT2D eigenvalue weighted by Crippen LogP contribution is 2.37. The number of fused-ring (bicyclic) bond motifs is 1. The van der Waals surface area contributed by atoms with Crippen LogP contribution >= 0.6 is 11.6 Å². The fraction of sp³-hybridized carbons (Fsp3) is 0.438. The van der Waals surface area contributed by atoms with Crippen molar-refractivity contribution in [3.8, 4) is 11.5 Å². The van der Waals surface area contributed by atoms with Gasteiger partial charge in [0.15, 0.2) is 11.5 Å². The number of esters is 1. The molecular formula is C16H18ClNO4. The van der Waals surface area contributed by atoms with E-state index in [1.807, 2.05) is 6.07 Å². The zero-order valence-electron chi connectivity index (χ0n) is 12.4. The third-order valence-electron chi connectivity index (χ3n) is 3.53. The molecule has 1 heterocycles. The molecule has 0 unspecified atom stereocenters. The second-order valence-electron chi connectivity index (χ2n) is 5.30. The lowest BCUT2D eigenvalue weighted by Crippen LogP contribution is -2.16. The summed E-state index contributed by atoms with van der Waals surface area (Å²) in [4.78, 5) is 12.1. The van der Waals surface area contributed by atoms with E-state index in [1.165, 1.54) is 0 Å². The molecule has 1 aliphatic carbocycles. The van der Waals surface area contributed by atoms with Crippen LogP contribution in [-0.4, -0.2) is 25.4 Å². The van der Waals surface area contributed by atoms with Crippen LogP contribution in [0.2, 0.25) is 5.02 Å². The molecule has 0 radical (unpaired) electrons. The quantitative estimate of drug-likeness (QED) is 0.644. The van der Waals surface area contributed by atoms with Crippen LogP contribution in [0.1, 0.15) is 25.3 Å². The van der Waals surface area contributed by atoms with Crippen LogP contribution in [0.15, 0.2) is 23.9 Å². The van der Waals surface area contributed by atoms with Gasteiger partial charge in [-0.1, -0.05) is 11.6 Å². The Balaban J connectivity index is 1.80. The van der Waals surface area contributed by atoms with Crippen molar-refractivity contribution in [3.05, 3.63) is 34.5 Å². The van der Waals surface area contributed by atoms with Gasteiger partial charge in [-0.25, -0.2) is 4.79 Å². The average molecular weight is 324 g/mol. The molecule has 2 aliphatic rings. The molecule has 22 heavy (non-hydrogen) atoms. The summed E-state index contributed by atoms with van der Waals surface area (Å²) in [5.74, 6) is 0.952. The second kappa shape index (κ2) is 6.48. The molecule has 0 amide bonds. The number of hydrogen-bond acceptors (Lipinski definition) is 5. The van der Waals surface area contributed by atoms with Gasteiger partial charge in [-0.05, 0) is 31.4 Å². The van der Waals surface area contributed by atoms with Gasteiger partial charge in [0.1, 0.15) is 0 Å². The highest BCUT2D eigenvalue weighted by atomic mass is 35.5. The molecule has 0 bridgehead atoms. The summed E-state index contributed by atoms with van der Waals surface area (Å²) in [5, 5.41) is 3.77. The molecule has 0 atom stereocenters. The molecule has 0 saturated heterocycles. The SMILES string of the molecule is CCOC(=O)C(=CNC1CC1)Cc1cc2c(cc1Cl)OCO2. The van der Waals surface area contributed by atoms with Gasteiger partial charge in [-0.2, -0.15) is 0 Å². The Bertz CT molecular complexity index is 610. The topological polar surface area (TPSA) is 56.8 Å². The van der Waals surface area contributed by atoms with Crippen LogP contribution in [0.4, 0.5) is 0 Å². The first kappa shape index (κ1) is 15.0.